The Labute approximate surface area is 82.4 Å². The van der Waals surface area contributed by atoms with Gasteiger partial charge in [0.05, 0.1) is 5.39 Å². The first-order valence-electron chi connectivity index (χ1n) is 4.73. The summed E-state index contributed by atoms with van der Waals surface area (Å²) in [6, 6.07) is 0. The van der Waals surface area contributed by atoms with E-state index < -0.39 is 0 Å². The van der Waals surface area contributed by atoms with Crippen molar-refractivity contribution in [2.75, 3.05) is 0 Å². The molecule has 2 N–H and O–H groups in total. The van der Waals surface area contributed by atoms with Crippen molar-refractivity contribution in [2.24, 2.45) is 0 Å². The van der Waals surface area contributed by atoms with Gasteiger partial charge in [0.1, 0.15) is 11.5 Å². The quantitative estimate of drug-likeness (QED) is 0.671. The number of aromatic amines is 2. The number of fused-ring (bicyclic) bond motifs is 1. The van der Waals surface area contributed by atoms with Crippen molar-refractivity contribution in [3.63, 3.8) is 0 Å². The van der Waals surface area contributed by atoms with E-state index in [9.17, 15) is 4.79 Å². The number of aromatic nitrogens is 3. The van der Waals surface area contributed by atoms with Crippen molar-refractivity contribution >= 4 is 11.0 Å². The summed E-state index contributed by atoms with van der Waals surface area (Å²) in [5.41, 5.74) is 1.52. The van der Waals surface area contributed by atoms with Crippen LogP contribution in [-0.2, 0) is 0 Å². The Morgan fingerprint density at radius 2 is 1.93 bits per heavy atom. The minimum atomic E-state index is -0.0729. The Kier molecular flexibility index (Phi) is 3.06. The van der Waals surface area contributed by atoms with Crippen LogP contribution in [0.5, 0.6) is 0 Å². The smallest absolute Gasteiger partial charge is 0.260 e. The molecule has 0 radical (unpaired) electrons. The molecular weight excluding hydrogens is 178 g/mol. The highest BCUT2D eigenvalue weighted by Gasteiger charge is 2.04. The predicted octanol–water partition coefficient (Wildman–Crippen LogP) is 1.89. The SMILES string of the molecule is CC.Cc1nc2[nH]cc(C)c2c(=O)[nH]1. The predicted molar refractivity (Wildman–Crippen MR) is 57.5 cm³/mol. The lowest BCUT2D eigenvalue weighted by Gasteiger charge is -1.92. The van der Waals surface area contributed by atoms with Crippen LogP contribution in [0.25, 0.3) is 11.0 Å². The van der Waals surface area contributed by atoms with E-state index in [0.29, 0.717) is 16.9 Å². The molecule has 14 heavy (non-hydrogen) atoms. The Balaban J connectivity index is 0.000000461. The fraction of sp³-hybridized carbons (Fsp3) is 0.400. The summed E-state index contributed by atoms with van der Waals surface area (Å²) in [6.07, 6.45) is 1.78. The second kappa shape index (κ2) is 4.09. The van der Waals surface area contributed by atoms with Gasteiger partial charge >= 0.3 is 0 Å². The molecule has 0 bridgehead atoms. The van der Waals surface area contributed by atoms with Gasteiger partial charge < -0.3 is 9.97 Å². The van der Waals surface area contributed by atoms with E-state index in [2.05, 4.69) is 15.0 Å². The number of nitrogens with zero attached hydrogens (tertiary/aromatic N) is 1. The molecule has 0 aliphatic heterocycles. The molecule has 2 aromatic rings. The van der Waals surface area contributed by atoms with Crippen LogP contribution in [0.1, 0.15) is 25.2 Å². The lowest BCUT2D eigenvalue weighted by molar-refractivity contribution is 1.05. The summed E-state index contributed by atoms with van der Waals surface area (Å²) in [6.45, 7) is 7.64. The molecule has 0 amide bonds. The van der Waals surface area contributed by atoms with Crippen LogP contribution < -0.4 is 5.56 Å². The molecule has 4 heteroatoms. The highest BCUT2D eigenvalue weighted by atomic mass is 16.1. The largest absolute Gasteiger partial charge is 0.346 e. The molecule has 76 valence electrons. The standard InChI is InChI=1S/C8H9N3O.C2H6/c1-4-3-9-7-6(4)8(12)11-5(2)10-7;1-2/h3H,1-2H3,(H2,9,10,11,12);1-2H3. The van der Waals surface area contributed by atoms with Gasteiger partial charge in [0, 0.05) is 6.20 Å². The number of rotatable bonds is 0. The molecule has 0 unspecified atom stereocenters. The van der Waals surface area contributed by atoms with Gasteiger partial charge in [-0.2, -0.15) is 0 Å². The Bertz CT molecular complexity index is 482. The van der Waals surface area contributed by atoms with Gasteiger partial charge in [0.2, 0.25) is 0 Å². The molecule has 2 rings (SSSR count). The zero-order chi connectivity index (χ0) is 10.7. The van der Waals surface area contributed by atoms with Gasteiger partial charge in [0.25, 0.3) is 5.56 Å². The summed E-state index contributed by atoms with van der Waals surface area (Å²) >= 11 is 0. The molecule has 0 fully saturated rings. The Morgan fingerprint density at radius 1 is 1.29 bits per heavy atom. The van der Waals surface area contributed by atoms with Gasteiger partial charge in [0.15, 0.2) is 0 Å². The van der Waals surface area contributed by atoms with Crippen molar-refractivity contribution in [3.05, 3.63) is 27.9 Å². The van der Waals surface area contributed by atoms with E-state index in [4.69, 9.17) is 0 Å². The third-order valence-electron chi connectivity index (χ3n) is 1.86. The van der Waals surface area contributed by atoms with Gasteiger partial charge in [-0.3, -0.25) is 4.79 Å². The van der Waals surface area contributed by atoms with Crippen molar-refractivity contribution in [3.8, 4) is 0 Å². The molecule has 0 atom stereocenters. The number of hydrogen-bond donors (Lipinski definition) is 2. The average molecular weight is 193 g/mol. The van der Waals surface area contributed by atoms with E-state index in [1.165, 1.54) is 0 Å². The third-order valence-corrected chi connectivity index (χ3v) is 1.86. The third kappa shape index (κ3) is 1.69. The van der Waals surface area contributed by atoms with E-state index in [1.807, 2.05) is 20.8 Å². The fourth-order valence-electron chi connectivity index (χ4n) is 1.30. The molecule has 0 aromatic carbocycles. The second-order valence-corrected chi connectivity index (χ2v) is 2.85. The van der Waals surface area contributed by atoms with Crippen molar-refractivity contribution in [1.29, 1.82) is 0 Å². The van der Waals surface area contributed by atoms with Crippen molar-refractivity contribution in [2.45, 2.75) is 27.7 Å². The number of H-pyrrole nitrogens is 2. The molecule has 4 nitrogen and oxygen atoms in total. The maximum Gasteiger partial charge on any atom is 0.260 e. The van der Waals surface area contributed by atoms with Gasteiger partial charge in [-0.1, -0.05) is 13.8 Å². The first-order chi connectivity index (χ1) is 6.68. The lowest BCUT2D eigenvalue weighted by atomic mass is 10.3. The molecule has 0 aliphatic rings. The molecular formula is C10H15N3O. The summed E-state index contributed by atoms with van der Waals surface area (Å²) in [7, 11) is 0. The molecule has 2 aromatic heterocycles. The van der Waals surface area contributed by atoms with Crippen LogP contribution in [0.15, 0.2) is 11.0 Å². The van der Waals surface area contributed by atoms with E-state index in [-0.39, 0.29) is 5.56 Å². The number of aryl methyl sites for hydroxylation is 2. The zero-order valence-corrected chi connectivity index (χ0v) is 8.93. The van der Waals surface area contributed by atoms with Crippen LogP contribution >= 0.6 is 0 Å². The first-order valence-corrected chi connectivity index (χ1v) is 4.73. The maximum absolute atomic E-state index is 11.4. The fourth-order valence-corrected chi connectivity index (χ4v) is 1.30. The topological polar surface area (TPSA) is 61.5 Å². The molecule has 0 saturated heterocycles. The van der Waals surface area contributed by atoms with E-state index in [1.54, 1.807) is 13.1 Å². The van der Waals surface area contributed by atoms with Crippen LogP contribution in [-0.4, -0.2) is 15.0 Å². The van der Waals surface area contributed by atoms with Gasteiger partial charge in [-0.15, -0.1) is 0 Å². The number of hydrogen-bond acceptors (Lipinski definition) is 2. The molecule has 0 aliphatic carbocycles. The normalized spacial score (nSPS) is 9.71. The summed E-state index contributed by atoms with van der Waals surface area (Å²) in [4.78, 5) is 21.1. The summed E-state index contributed by atoms with van der Waals surface area (Å²) < 4.78 is 0. The van der Waals surface area contributed by atoms with Crippen LogP contribution in [0.3, 0.4) is 0 Å². The minimum Gasteiger partial charge on any atom is -0.346 e. The average Bonchev–Trinajstić information content (AvgIpc) is 2.51. The van der Waals surface area contributed by atoms with Crippen molar-refractivity contribution in [1.82, 2.24) is 15.0 Å². The first kappa shape index (κ1) is 10.5. The highest BCUT2D eigenvalue weighted by Crippen LogP contribution is 2.09. The molecule has 0 spiro atoms. The molecule has 2 heterocycles. The van der Waals surface area contributed by atoms with Crippen LogP contribution in [0.2, 0.25) is 0 Å². The maximum atomic E-state index is 11.4. The van der Waals surface area contributed by atoms with Crippen LogP contribution in [0.4, 0.5) is 0 Å². The van der Waals surface area contributed by atoms with Crippen LogP contribution in [0, 0.1) is 13.8 Å². The second-order valence-electron chi connectivity index (χ2n) is 2.85. The summed E-state index contributed by atoms with van der Waals surface area (Å²) in [5, 5.41) is 0.653. The highest BCUT2D eigenvalue weighted by molar-refractivity contribution is 5.78. The van der Waals surface area contributed by atoms with E-state index in [0.717, 1.165) is 5.56 Å². The zero-order valence-electron chi connectivity index (χ0n) is 8.93. The van der Waals surface area contributed by atoms with Crippen molar-refractivity contribution < 1.29 is 0 Å². The Hall–Kier alpha value is -1.58. The van der Waals surface area contributed by atoms with Gasteiger partial charge in [-0.25, -0.2) is 4.98 Å². The van der Waals surface area contributed by atoms with Gasteiger partial charge in [-0.05, 0) is 19.4 Å². The monoisotopic (exact) mass is 193 g/mol. The summed E-state index contributed by atoms with van der Waals surface area (Å²) in [5.74, 6) is 0.634. The minimum absolute atomic E-state index is 0.0729. The van der Waals surface area contributed by atoms with E-state index >= 15 is 0 Å². The molecule has 0 saturated carbocycles. The number of nitrogens with one attached hydrogen (secondary N) is 2. The lowest BCUT2D eigenvalue weighted by Crippen LogP contribution is -2.09. The Morgan fingerprint density at radius 3 is 2.57 bits per heavy atom.